The van der Waals surface area contributed by atoms with Gasteiger partial charge in [-0.05, 0) is 38.3 Å². The number of benzene rings is 1. The van der Waals surface area contributed by atoms with Crippen LogP contribution in [-0.2, 0) is 14.3 Å². The molecule has 0 aliphatic carbocycles. The lowest BCUT2D eigenvalue weighted by Crippen LogP contribution is -2.43. The molecule has 2 rings (SSSR count). The Bertz CT molecular complexity index is 1110. The lowest BCUT2D eigenvalue weighted by molar-refractivity contribution is -0.155. The minimum absolute atomic E-state index is 0.145. The fourth-order valence-corrected chi connectivity index (χ4v) is 3.56. The van der Waals surface area contributed by atoms with Crippen molar-refractivity contribution in [3.05, 3.63) is 41.2 Å². The van der Waals surface area contributed by atoms with Crippen LogP contribution >= 0.6 is 11.6 Å². The first kappa shape index (κ1) is 29.7. The molecule has 202 valence electrons. The van der Waals surface area contributed by atoms with E-state index in [1.165, 1.54) is 40.3 Å². The molecule has 1 N–H and O–H groups in total. The highest BCUT2D eigenvalue weighted by Crippen LogP contribution is 2.31. The molecule has 0 saturated carbocycles. The van der Waals surface area contributed by atoms with Gasteiger partial charge in [0.1, 0.15) is 29.7 Å². The number of carbonyl (C=O) groups excluding carboxylic acids is 3. The van der Waals surface area contributed by atoms with E-state index in [0.29, 0.717) is 22.9 Å². The fraction of sp³-hybridized carbons (Fsp3) is 0.462. The van der Waals surface area contributed by atoms with E-state index in [9.17, 15) is 14.4 Å². The van der Waals surface area contributed by atoms with E-state index in [4.69, 9.17) is 35.3 Å². The molecular weight excluding hydrogens is 504 g/mol. The van der Waals surface area contributed by atoms with Crippen LogP contribution in [0.15, 0.2) is 30.5 Å². The smallest absolute Gasteiger partial charge is 0.328 e. The largest absolute Gasteiger partial charge is 0.495 e. The number of hydrogen-bond acceptors (Lipinski definition) is 9. The number of hydrogen-bond donors (Lipinski definition) is 1. The second kappa shape index (κ2) is 13.7. The van der Waals surface area contributed by atoms with Crippen molar-refractivity contribution >= 4 is 29.4 Å². The van der Waals surface area contributed by atoms with E-state index in [2.05, 4.69) is 10.3 Å². The van der Waals surface area contributed by atoms with Crippen LogP contribution in [0.3, 0.4) is 0 Å². The molecule has 2 aromatic rings. The molecule has 0 bridgehead atoms. The van der Waals surface area contributed by atoms with Gasteiger partial charge in [-0.1, -0.05) is 25.4 Å². The molecule has 0 aliphatic rings. The first-order chi connectivity index (χ1) is 17.5. The quantitative estimate of drug-likeness (QED) is 0.397. The number of nitrogens with one attached hydrogen (secondary N) is 1. The highest BCUT2D eigenvalue weighted by Gasteiger charge is 2.29. The van der Waals surface area contributed by atoms with E-state index >= 15 is 0 Å². The molecular formula is C26H33ClN2O8. The highest BCUT2D eigenvalue weighted by atomic mass is 35.5. The molecule has 0 saturated heterocycles. The van der Waals surface area contributed by atoms with Gasteiger partial charge in [-0.2, -0.15) is 0 Å². The lowest BCUT2D eigenvalue weighted by Gasteiger charge is -2.28. The molecule has 1 heterocycles. The van der Waals surface area contributed by atoms with Crippen LogP contribution in [-0.4, -0.2) is 55.3 Å². The van der Waals surface area contributed by atoms with E-state index in [0.717, 1.165) is 0 Å². The molecule has 1 aromatic heterocycles. The summed E-state index contributed by atoms with van der Waals surface area (Å²) in [5, 5.41) is 2.97. The van der Waals surface area contributed by atoms with Crippen LogP contribution in [0.5, 0.6) is 23.0 Å². The Hall–Kier alpha value is -3.53. The first-order valence-corrected chi connectivity index (χ1v) is 12.1. The summed E-state index contributed by atoms with van der Waals surface area (Å²) in [6, 6.07) is 5.43. The predicted molar refractivity (Wildman–Crippen MR) is 136 cm³/mol. The van der Waals surface area contributed by atoms with Gasteiger partial charge in [-0.15, -0.1) is 0 Å². The molecule has 0 fully saturated rings. The minimum atomic E-state index is -1.04. The number of esters is 2. The number of ether oxygens (including phenoxy) is 5. The molecule has 3 atom stereocenters. The fourth-order valence-electron chi connectivity index (χ4n) is 3.37. The predicted octanol–water partition coefficient (Wildman–Crippen LogP) is 4.22. The summed E-state index contributed by atoms with van der Waals surface area (Å²) in [6.07, 6.45) is 0.793. The summed E-state index contributed by atoms with van der Waals surface area (Å²) < 4.78 is 27.3. The Morgan fingerprint density at radius 2 is 1.70 bits per heavy atom. The van der Waals surface area contributed by atoms with Gasteiger partial charge >= 0.3 is 11.9 Å². The maximum Gasteiger partial charge on any atom is 0.328 e. The Labute approximate surface area is 221 Å². The van der Waals surface area contributed by atoms with Crippen molar-refractivity contribution in [3.63, 3.8) is 0 Å². The Kier molecular flexibility index (Phi) is 11.0. The van der Waals surface area contributed by atoms with Crippen molar-refractivity contribution in [1.29, 1.82) is 0 Å². The van der Waals surface area contributed by atoms with Gasteiger partial charge in [0, 0.05) is 25.3 Å². The average Bonchev–Trinajstić information content (AvgIpc) is 2.83. The van der Waals surface area contributed by atoms with E-state index < -0.39 is 36.1 Å². The van der Waals surface area contributed by atoms with Crippen molar-refractivity contribution < 1.29 is 38.1 Å². The third kappa shape index (κ3) is 8.52. The van der Waals surface area contributed by atoms with E-state index in [1.807, 2.05) is 13.8 Å². The molecule has 11 heteroatoms. The molecule has 0 spiro atoms. The summed E-state index contributed by atoms with van der Waals surface area (Å²) in [4.78, 5) is 41.2. The standard InChI is InChI=1S/C26H33ClN2O8/c1-14(2)12-21(37-18-8-9-19(27)22(13-18)34-7)16(4)35-26(32)15(3)29-25(31)23-24(36-17(5)30)20(33-6)10-11-28-23/h8-11,13-16,21H,12H2,1-7H3,(H,29,31)/t15-,16-,21+/m0/s1. The van der Waals surface area contributed by atoms with Crippen LogP contribution in [0.25, 0.3) is 0 Å². The number of halogens is 1. The van der Waals surface area contributed by atoms with Crippen molar-refractivity contribution in [1.82, 2.24) is 10.3 Å². The molecule has 0 unspecified atom stereocenters. The Balaban J connectivity index is 2.12. The van der Waals surface area contributed by atoms with Crippen molar-refractivity contribution in [2.75, 3.05) is 14.2 Å². The number of aromatic nitrogens is 1. The zero-order valence-electron chi connectivity index (χ0n) is 22.0. The van der Waals surface area contributed by atoms with Crippen molar-refractivity contribution in [3.8, 4) is 23.0 Å². The number of pyridine rings is 1. The summed E-state index contributed by atoms with van der Waals surface area (Å²) in [5.41, 5.74) is -0.208. The number of methoxy groups -OCH3 is 2. The van der Waals surface area contributed by atoms with Crippen LogP contribution in [0.1, 0.15) is 51.5 Å². The maximum atomic E-state index is 12.8. The third-order valence-corrected chi connectivity index (χ3v) is 5.50. The van der Waals surface area contributed by atoms with Gasteiger partial charge in [0.2, 0.25) is 5.75 Å². The molecule has 10 nitrogen and oxygen atoms in total. The Morgan fingerprint density at radius 3 is 2.30 bits per heavy atom. The zero-order valence-corrected chi connectivity index (χ0v) is 22.8. The second-order valence-corrected chi connectivity index (χ2v) is 9.11. The summed E-state index contributed by atoms with van der Waals surface area (Å²) in [5.74, 6) is -0.854. The van der Waals surface area contributed by atoms with Crippen LogP contribution in [0.2, 0.25) is 5.02 Å². The lowest BCUT2D eigenvalue weighted by atomic mass is 10.0. The second-order valence-electron chi connectivity index (χ2n) is 8.70. The van der Waals surface area contributed by atoms with Crippen molar-refractivity contribution in [2.24, 2.45) is 5.92 Å². The van der Waals surface area contributed by atoms with Crippen LogP contribution < -0.4 is 24.3 Å². The monoisotopic (exact) mass is 536 g/mol. The van der Waals surface area contributed by atoms with Gasteiger partial charge in [0.05, 0.1) is 19.2 Å². The molecule has 0 aliphatic heterocycles. The molecule has 0 radical (unpaired) electrons. The third-order valence-electron chi connectivity index (χ3n) is 5.19. The number of carbonyl (C=O) groups is 3. The molecule has 37 heavy (non-hydrogen) atoms. The van der Waals surface area contributed by atoms with Crippen LogP contribution in [0, 0.1) is 5.92 Å². The molecule has 1 aromatic carbocycles. The van der Waals surface area contributed by atoms with Gasteiger partial charge < -0.3 is 29.0 Å². The summed E-state index contributed by atoms with van der Waals surface area (Å²) in [7, 11) is 2.87. The van der Waals surface area contributed by atoms with E-state index in [1.54, 1.807) is 25.1 Å². The summed E-state index contributed by atoms with van der Waals surface area (Å²) >= 11 is 6.10. The SMILES string of the molecule is COc1cc(O[C@H](CC(C)C)[C@H](C)OC(=O)[C@H](C)NC(=O)c2nccc(OC)c2OC(C)=O)ccc1Cl. The van der Waals surface area contributed by atoms with Crippen LogP contribution in [0.4, 0.5) is 0 Å². The highest BCUT2D eigenvalue weighted by molar-refractivity contribution is 6.32. The van der Waals surface area contributed by atoms with Gasteiger partial charge in [0.15, 0.2) is 11.4 Å². The topological polar surface area (TPSA) is 122 Å². The number of rotatable bonds is 12. The van der Waals surface area contributed by atoms with Crippen molar-refractivity contribution in [2.45, 2.75) is 59.3 Å². The van der Waals surface area contributed by atoms with Gasteiger partial charge in [-0.3, -0.25) is 9.59 Å². The summed E-state index contributed by atoms with van der Waals surface area (Å²) in [6.45, 7) is 8.43. The first-order valence-electron chi connectivity index (χ1n) is 11.7. The number of nitrogens with zero attached hydrogens (tertiary/aromatic N) is 1. The zero-order chi connectivity index (χ0) is 27.7. The normalized spacial score (nSPS) is 13.2. The van der Waals surface area contributed by atoms with E-state index in [-0.39, 0.29) is 23.1 Å². The maximum absolute atomic E-state index is 12.8. The Morgan fingerprint density at radius 1 is 1.03 bits per heavy atom. The van der Waals surface area contributed by atoms with Gasteiger partial charge in [-0.25, -0.2) is 9.78 Å². The number of amides is 1. The van der Waals surface area contributed by atoms with Gasteiger partial charge in [0.25, 0.3) is 5.91 Å². The minimum Gasteiger partial charge on any atom is -0.495 e. The average molecular weight is 537 g/mol. The molecule has 1 amide bonds.